The Kier molecular flexibility index (Phi) is 3.84. The first-order valence-electron chi connectivity index (χ1n) is 6.17. The first-order chi connectivity index (χ1) is 8.11. The van der Waals surface area contributed by atoms with Gasteiger partial charge in [0.25, 0.3) is 0 Å². The lowest BCUT2D eigenvalue weighted by Crippen LogP contribution is -2.17. The number of aromatic carboxylic acids is 1. The Labute approximate surface area is 106 Å². The van der Waals surface area contributed by atoms with Gasteiger partial charge in [-0.15, -0.1) is 11.3 Å². The zero-order valence-electron chi connectivity index (χ0n) is 10.3. The van der Waals surface area contributed by atoms with E-state index in [1.807, 2.05) is 6.92 Å². The maximum Gasteiger partial charge on any atom is 0.345 e. The zero-order valence-corrected chi connectivity index (χ0v) is 11.1. The number of hydrogen-bond acceptors (Lipinski definition) is 3. The third-order valence-electron chi connectivity index (χ3n) is 3.37. The average Bonchev–Trinajstić information content (AvgIpc) is 2.90. The van der Waals surface area contributed by atoms with E-state index in [1.165, 1.54) is 30.6 Å². The highest BCUT2D eigenvalue weighted by atomic mass is 32.1. The SMILES string of the molecule is CCCC1CC1NCc1cc(C(=O)O)sc1C. The smallest absolute Gasteiger partial charge is 0.345 e. The number of thiophene rings is 1. The number of carboxylic acids is 1. The van der Waals surface area contributed by atoms with E-state index in [4.69, 9.17) is 5.11 Å². The quantitative estimate of drug-likeness (QED) is 0.819. The molecule has 0 spiro atoms. The summed E-state index contributed by atoms with van der Waals surface area (Å²) in [6.07, 6.45) is 3.84. The van der Waals surface area contributed by atoms with Crippen LogP contribution in [0.15, 0.2) is 6.07 Å². The van der Waals surface area contributed by atoms with E-state index in [-0.39, 0.29) is 0 Å². The Morgan fingerprint density at radius 2 is 2.41 bits per heavy atom. The number of aryl methyl sites for hydroxylation is 1. The molecule has 1 fully saturated rings. The van der Waals surface area contributed by atoms with Crippen molar-refractivity contribution in [3.8, 4) is 0 Å². The van der Waals surface area contributed by atoms with Crippen molar-refractivity contribution < 1.29 is 9.90 Å². The highest BCUT2D eigenvalue weighted by Gasteiger charge is 2.35. The molecule has 2 N–H and O–H groups in total. The van der Waals surface area contributed by atoms with Crippen molar-refractivity contribution >= 4 is 17.3 Å². The van der Waals surface area contributed by atoms with Crippen molar-refractivity contribution in [2.45, 2.75) is 45.7 Å². The summed E-state index contributed by atoms with van der Waals surface area (Å²) in [4.78, 5) is 12.4. The van der Waals surface area contributed by atoms with E-state index >= 15 is 0 Å². The molecular weight excluding hydrogens is 234 g/mol. The molecule has 0 saturated heterocycles. The van der Waals surface area contributed by atoms with Gasteiger partial charge in [-0.25, -0.2) is 4.79 Å². The average molecular weight is 253 g/mol. The van der Waals surface area contributed by atoms with Crippen molar-refractivity contribution in [2.24, 2.45) is 5.92 Å². The number of nitrogens with one attached hydrogen (secondary N) is 1. The summed E-state index contributed by atoms with van der Waals surface area (Å²) in [5, 5.41) is 12.4. The van der Waals surface area contributed by atoms with Crippen LogP contribution in [0.25, 0.3) is 0 Å². The van der Waals surface area contributed by atoms with Crippen molar-refractivity contribution in [1.82, 2.24) is 5.32 Å². The molecule has 1 aliphatic rings. The Morgan fingerprint density at radius 3 is 3.00 bits per heavy atom. The molecule has 1 saturated carbocycles. The van der Waals surface area contributed by atoms with Crippen LogP contribution in [-0.4, -0.2) is 17.1 Å². The molecule has 3 nitrogen and oxygen atoms in total. The summed E-state index contributed by atoms with van der Waals surface area (Å²) < 4.78 is 0. The highest BCUT2D eigenvalue weighted by Crippen LogP contribution is 2.35. The van der Waals surface area contributed by atoms with E-state index in [9.17, 15) is 4.79 Å². The van der Waals surface area contributed by atoms with Gasteiger partial charge >= 0.3 is 5.97 Å². The van der Waals surface area contributed by atoms with Crippen LogP contribution in [0.1, 0.15) is 46.3 Å². The summed E-state index contributed by atoms with van der Waals surface area (Å²) in [6.45, 7) is 5.02. The molecule has 94 valence electrons. The van der Waals surface area contributed by atoms with Crippen LogP contribution in [0.5, 0.6) is 0 Å². The lowest BCUT2D eigenvalue weighted by atomic mass is 10.2. The molecule has 0 bridgehead atoms. The van der Waals surface area contributed by atoms with Gasteiger partial charge in [0.2, 0.25) is 0 Å². The molecule has 4 heteroatoms. The molecule has 1 aromatic rings. The largest absolute Gasteiger partial charge is 0.477 e. The number of carboxylic acid groups (broad SMARTS) is 1. The van der Waals surface area contributed by atoms with Crippen LogP contribution >= 0.6 is 11.3 Å². The second-order valence-electron chi connectivity index (χ2n) is 4.77. The molecule has 2 unspecified atom stereocenters. The molecule has 0 amide bonds. The molecule has 0 aromatic carbocycles. The Bertz CT molecular complexity index is 414. The topological polar surface area (TPSA) is 49.3 Å². The van der Waals surface area contributed by atoms with E-state index in [0.29, 0.717) is 10.9 Å². The second-order valence-corrected chi connectivity index (χ2v) is 6.03. The molecule has 0 aliphatic heterocycles. The van der Waals surface area contributed by atoms with Crippen LogP contribution in [0.3, 0.4) is 0 Å². The summed E-state index contributed by atoms with van der Waals surface area (Å²) in [5.74, 6) is 0.0255. The number of hydrogen-bond donors (Lipinski definition) is 2. The Balaban J connectivity index is 1.85. The third kappa shape index (κ3) is 3.07. The lowest BCUT2D eigenvalue weighted by Gasteiger charge is -2.03. The molecule has 1 aromatic heterocycles. The summed E-state index contributed by atoms with van der Waals surface area (Å²) in [5.41, 5.74) is 1.13. The summed E-state index contributed by atoms with van der Waals surface area (Å²) in [6, 6.07) is 2.45. The molecule has 1 heterocycles. The maximum absolute atomic E-state index is 10.8. The van der Waals surface area contributed by atoms with Gasteiger partial charge in [0.15, 0.2) is 0 Å². The molecule has 0 radical (unpaired) electrons. The minimum absolute atomic E-state index is 0.445. The van der Waals surface area contributed by atoms with Crippen molar-refractivity contribution in [1.29, 1.82) is 0 Å². The van der Waals surface area contributed by atoms with E-state index in [1.54, 1.807) is 6.07 Å². The fourth-order valence-electron chi connectivity index (χ4n) is 2.23. The predicted molar refractivity (Wildman–Crippen MR) is 69.7 cm³/mol. The second kappa shape index (κ2) is 5.19. The first kappa shape index (κ1) is 12.6. The predicted octanol–water partition coefficient (Wildman–Crippen LogP) is 3.03. The van der Waals surface area contributed by atoms with Crippen molar-refractivity contribution in [2.75, 3.05) is 0 Å². The standard InChI is InChI=1S/C13H19NO2S/c1-3-4-9-5-11(9)14-7-10-6-12(13(15)16)17-8(10)2/h6,9,11,14H,3-5,7H2,1-2H3,(H,15,16). The molecule has 17 heavy (non-hydrogen) atoms. The molecule has 2 rings (SSSR count). The van der Waals surface area contributed by atoms with Gasteiger partial charge in [0, 0.05) is 17.5 Å². The molecule has 1 aliphatic carbocycles. The third-order valence-corrected chi connectivity index (χ3v) is 4.45. The monoisotopic (exact) mass is 253 g/mol. The van der Waals surface area contributed by atoms with Crippen molar-refractivity contribution in [3.63, 3.8) is 0 Å². The fourth-order valence-corrected chi connectivity index (χ4v) is 3.11. The van der Waals surface area contributed by atoms with Gasteiger partial charge in [-0.3, -0.25) is 0 Å². The van der Waals surface area contributed by atoms with E-state index < -0.39 is 5.97 Å². The maximum atomic E-state index is 10.8. The lowest BCUT2D eigenvalue weighted by molar-refractivity contribution is 0.0702. The first-order valence-corrected chi connectivity index (χ1v) is 6.99. The minimum Gasteiger partial charge on any atom is -0.477 e. The van der Waals surface area contributed by atoms with Crippen LogP contribution in [0, 0.1) is 12.8 Å². The number of rotatable bonds is 6. The summed E-state index contributed by atoms with van der Waals surface area (Å²) >= 11 is 1.37. The van der Waals surface area contributed by atoms with Gasteiger partial charge in [0.05, 0.1) is 0 Å². The number of carbonyl (C=O) groups is 1. The normalized spacial score (nSPS) is 22.7. The van der Waals surface area contributed by atoms with Gasteiger partial charge in [-0.05, 0) is 37.3 Å². The van der Waals surface area contributed by atoms with Crippen LogP contribution < -0.4 is 5.32 Å². The van der Waals surface area contributed by atoms with Gasteiger partial charge in [-0.2, -0.15) is 0 Å². The van der Waals surface area contributed by atoms with Crippen LogP contribution in [-0.2, 0) is 6.54 Å². The summed E-state index contributed by atoms with van der Waals surface area (Å²) in [7, 11) is 0. The Hall–Kier alpha value is -0.870. The molecular formula is C13H19NO2S. The van der Waals surface area contributed by atoms with E-state index in [0.717, 1.165) is 22.9 Å². The fraction of sp³-hybridized carbons (Fsp3) is 0.615. The van der Waals surface area contributed by atoms with Gasteiger partial charge in [0.1, 0.15) is 4.88 Å². The molecule has 2 atom stereocenters. The zero-order chi connectivity index (χ0) is 12.4. The van der Waals surface area contributed by atoms with Crippen LogP contribution in [0.2, 0.25) is 0 Å². The van der Waals surface area contributed by atoms with Crippen molar-refractivity contribution in [3.05, 3.63) is 21.4 Å². The van der Waals surface area contributed by atoms with E-state index in [2.05, 4.69) is 12.2 Å². The van der Waals surface area contributed by atoms with Crippen LogP contribution in [0.4, 0.5) is 0 Å². The minimum atomic E-state index is -0.820. The Morgan fingerprint density at radius 1 is 1.65 bits per heavy atom. The van der Waals surface area contributed by atoms with Gasteiger partial charge < -0.3 is 10.4 Å². The highest BCUT2D eigenvalue weighted by molar-refractivity contribution is 7.14. The van der Waals surface area contributed by atoms with Gasteiger partial charge in [-0.1, -0.05) is 13.3 Å².